The van der Waals surface area contributed by atoms with Crippen LogP contribution in [0.15, 0.2) is 0 Å². The average molecular weight is 244 g/mol. The number of hydrogen-bond donors (Lipinski definition) is 1. The van der Waals surface area contributed by atoms with Crippen LogP contribution in [0.5, 0.6) is 0 Å². The summed E-state index contributed by atoms with van der Waals surface area (Å²) >= 11 is 2.08. The third-order valence-corrected chi connectivity index (χ3v) is 4.67. The lowest BCUT2D eigenvalue weighted by Gasteiger charge is -2.33. The van der Waals surface area contributed by atoms with Gasteiger partial charge in [-0.2, -0.15) is 11.8 Å². The van der Waals surface area contributed by atoms with Gasteiger partial charge in [-0.05, 0) is 19.8 Å². The van der Waals surface area contributed by atoms with Crippen molar-refractivity contribution in [2.75, 3.05) is 44.3 Å². The largest absolute Gasteiger partial charge is 0.377 e. The smallest absolute Gasteiger partial charge is 0.0700 e. The Bertz CT molecular complexity index is 197. The van der Waals surface area contributed by atoms with Crippen molar-refractivity contribution in [1.29, 1.82) is 0 Å². The van der Waals surface area contributed by atoms with Gasteiger partial charge in [0.15, 0.2) is 0 Å². The van der Waals surface area contributed by atoms with Crippen LogP contribution < -0.4 is 5.32 Å². The lowest BCUT2D eigenvalue weighted by atomic mass is 10.2. The minimum Gasteiger partial charge on any atom is -0.377 e. The van der Waals surface area contributed by atoms with E-state index in [0.717, 1.165) is 25.7 Å². The number of rotatable bonds is 5. The fraction of sp³-hybridized carbons (Fsp3) is 1.00. The second kappa shape index (κ2) is 6.84. The molecule has 2 fully saturated rings. The lowest BCUT2D eigenvalue weighted by Crippen LogP contribution is -2.44. The van der Waals surface area contributed by atoms with Crippen LogP contribution in [-0.4, -0.2) is 61.3 Å². The maximum atomic E-state index is 5.59. The highest BCUT2D eigenvalue weighted by molar-refractivity contribution is 7.99. The number of hydrogen-bond acceptors (Lipinski definition) is 4. The molecule has 2 atom stereocenters. The van der Waals surface area contributed by atoms with Crippen LogP contribution in [0.2, 0.25) is 0 Å². The Morgan fingerprint density at radius 3 is 3.19 bits per heavy atom. The van der Waals surface area contributed by atoms with E-state index < -0.39 is 0 Å². The van der Waals surface area contributed by atoms with Crippen LogP contribution in [0.1, 0.15) is 19.8 Å². The molecule has 0 radical (unpaired) electrons. The van der Waals surface area contributed by atoms with Gasteiger partial charge in [-0.3, -0.25) is 4.90 Å². The maximum Gasteiger partial charge on any atom is 0.0700 e. The lowest BCUT2D eigenvalue weighted by molar-refractivity contribution is 0.109. The SMILES string of the molecule is CC1CSCCN1CCNCC1CCCO1. The van der Waals surface area contributed by atoms with Crippen LogP contribution in [-0.2, 0) is 4.74 Å². The van der Waals surface area contributed by atoms with Crippen molar-refractivity contribution in [2.45, 2.75) is 31.9 Å². The van der Waals surface area contributed by atoms with Crippen LogP contribution in [0.3, 0.4) is 0 Å². The van der Waals surface area contributed by atoms with Crippen molar-refractivity contribution >= 4 is 11.8 Å². The second-order valence-electron chi connectivity index (χ2n) is 4.80. The predicted octanol–water partition coefficient (Wildman–Crippen LogP) is 1.19. The predicted molar refractivity (Wildman–Crippen MR) is 70.2 cm³/mol. The normalized spacial score (nSPS) is 32.1. The van der Waals surface area contributed by atoms with Gasteiger partial charge in [-0.1, -0.05) is 0 Å². The summed E-state index contributed by atoms with van der Waals surface area (Å²) in [5, 5.41) is 3.52. The quantitative estimate of drug-likeness (QED) is 0.734. The van der Waals surface area contributed by atoms with Gasteiger partial charge < -0.3 is 10.1 Å². The summed E-state index contributed by atoms with van der Waals surface area (Å²) in [5.41, 5.74) is 0. The molecule has 1 N–H and O–H groups in total. The molecular weight excluding hydrogens is 220 g/mol. The van der Waals surface area contributed by atoms with E-state index in [1.54, 1.807) is 0 Å². The Labute approximate surface area is 103 Å². The highest BCUT2D eigenvalue weighted by atomic mass is 32.2. The zero-order valence-electron chi connectivity index (χ0n) is 10.3. The summed E-state index contributed by atoms with van der Waals surface area (Å²) < 4.78 is 5.59. The van der Waals surface area contributed by atoms with Crippen LogP contribution in [0, 0.1) is 0 Å². The van der Waals surface area contributed by atoms with Gasteiger partial charge in [0.2, 0.25) is 0 Å². The summed E-state index contributed by atoms with van der Waals surface area (Å²) in [6, 6.07) is 0.753. The summed E-state index contributed by atoms with van der Waals surface area (Å²) in [5.74, 6) is 2.60. The van der Waals surface area contributed by atoms with Gasteiger partial charge in [-0.15, -0.1) is 0 Å². The third-order valence-electron chi connectivity index (χ3n) is 3.48. The van der Waals surface area contributed by atoms with Crippen molar-refractivity contribution in [3.63, 3.8) is 0 Å². The van der Waals surface area contributed by atoms with Crippen molar-refractivity contribution in [2.24, 2.45) is 0 Å². The molecule has 94 valence electrons. The van der Waals surface area contributed by atoms with Gasteiger partial charge in [0.1, 0.15) is 0 Å². The summed E-state index contributed by atoms with van der Waals surface area (Å²) in [6.07, 6.45) is 2.96. The van der Waals surface area contributed by atoms with E-state index in [0.29, 0.717) is 6.10 Å². The zero-order valence-corrected chi connectivity index (χ0v) is 11.1. The van der Waals surface area contributed by atoms with E-state index in [1.807, 2.05) is 0 Å². The Balaban J connectivity index is 1.53. The summed E-state index contributed by atoms with van der Waals surface area (Å²) in [4.78, 5) is 2.60. The Morgan fingerprint density at radius 1 is 1.50 bits per heavy atom. The van der Waals surface area contributed by atoms with Crippen molar-refractivity contribution in [1.82, 2.24) is 10.2 Å². The summed E-state index contributed by atoms with van der Waals surface area (Å²) in [6.45, 7) is 7.90. The van der Waals surface area contributed by atoms with E-state index in [1.165, 1.54) is 37.4 Å². The fourth-order valence-corrected chi connectivity index (χ4v) is 3.47. The van der Waals surface area contributed by atoms with Crippen molar-refractivity contribution in [3.05, 3.63) is 0 Å². The molecule has 2 saturated heterocycles. The first-order valence-corrected chi connectivity index (χ1v) is 7.66. The molecule has 2 unspecified atom stereocenters. The molecule has 3 nitrogen and oxygen atoms in total. The number of thioether (sulfide) groups is 1. The van der Waals surface area contributed by atoms with Crippen molar-refractivity contribution < 1.29 is 4.74 Å². The molecule has 0 saturated carbocycles. The first-order chi connectivity index (χ1) is 7.86. The molecule has 0 amide bonds. The van der Waals surface area contributed by atoms with Gasteiger partial charge in [0.25, 0.3) is 0 Å². The maximum absolute atomic E-state index is 5.59. The molecule has 2 aliphatic heterocycles. The van der Waals surface area contributed by atoms with E-state index in [2.05, 4.69) is 28.9 Å². The molecule has 2 rings (SSSR count). The fourth-order valence-electron chi connectivity index (χ4n) is 2.38. The molecule has 0 bridgehead atoms. The highest BCUT2D eigenvalue weighted by Crippen LogP contribution is 2.15. The minimum atomic E-state index is 0.481. The van der Waals surface area contributed by atoms with Crippen LogP contribution in [0.4, 0.5) is 0 Å². The van der Waals surface area contributed by atoms with Gasteiger partial charge in [0.05, 0.1) is 6.10 Å². The first kappa shape index (κ1) is 12.7. The van der Waals surface area contributed by atoms with Gasteiger partial charge >= 0.3 is 0 Å². The topological polar surface area (TPSA) is 24.5 Å². The molecule has 2 heterocycles. The molecule has 16 heavy (non-hydrogen) atoms. The van der Waals surface area contributed by atoms with E-state index in [9.17, 15) is 0 Å². The average Bonchev–Trinajstić information content (AvgIpc) is 2.79. The molecule has 0 aliphatic carbocycles. The number of nitrogens with one attached hydrogen (secondary N) is 1. The van der Waals surface area contributed by atoms with Crippen molar-refractivity contribution in [3.8, 4) is 0 Å². The minimum absolute atomic E-state index is 0.481. The highest BCUT2D eigenvalue weighted by Gasteiger charge is 2.18. The molecule has 0 aromatic carbocycles. The molecular formula is C12H24N2OS. The van der Waals surface area contributed by atoms with Crippen LogP contribution >= 0.6 is 11.8 Å². The van der Waals surface area contributed by atoms with E-state index in [-0.39, 0.29) is 0 Å². The monoisotopic (exact) mass is 244 g/mol. The number of ether oxygens (including phenoxy) is 1. The molecule has 0 spiro atoms. The van der Waals surface area contributed by atoms with Gasteiger partial charge in [0, 0.05) is 50.3 Å². The Hall–Kier alpha value is 0.230. The summed E-state index contributed by atoms with van der Waals surface area (Å²) in [7, 11) is 0. The van der Waals surface area contributed by atoms with E-state index in [4.69, 9.17) is 4.74 Å². The third kappa shape index (κ3) is 3.91. The molecule has 2 aliphatic rings. The van der Waals surface area contributed by atoms with Gasteiger partial charge in [-0.25, -0.2) is 0 Å². The Kier molecular flexibility index (Phi) is 5.42. The standard InChI is InChI=1S/C12H24N2OS/c1-11-10-16-8-6-14(11)5-4-13-9-12-3-2-7-15-12/h11-13H,2-10H2,1H3. The second-order valence-corrected chi connectivity index (χ2v) is 5.95. The number of nitrogens with zero attached hydrogens (tertiary/aromatic N) is 1. The zero-order chi connectivity index (χ0) is 11.2. The first-order valence-electron chi connectivity index (χ1n) is 6.50. The van der Waals surface area contributed by atoms with E-state index >= 15 is 0 Å². The molecule has 0 aromatic heterocycles. The molecule has 4 heteroatoms. The van der Waals surface area contributed by atoms with Crippen LogP contribution in [0.25, 0.3) is 0 Å². The Morgan fingerprint density at radius 2 is 2.44 bits per heavy atom. The molecule has 0 aromatic rings.